The molecule has 2 aromatic rings. The lowest BCUT2D eigenvalue weighted by Crippen LogP contribution is -2.04. The summed E-state index contributed by atoms with van der Waals surface area (Å²) in [6.45, 7) is 3.69. The van der Waals surface area contributed by atoms with E-state index in [-0.39, 0.29) is 5.56 Å². The molecule has 0 saturated carbocycles. The summed E-state index contributed by atoms with van der Waals surface area (Å²) in [6.07, 6.45) is 2.62. The first-order valence-corrected chi connectivity index (χ1v) is 6.15. The van der Waals surface area contributed by atoms with Crippen LogP contribution in [0.2, 0.25) is 0 Å². The van der Waals surface area contributed by atoms with Crippen LogP contribution in [0.25, 0.3) is 0 Å². The van der Waals surface area contributed by atoms with E-state index in [9.17, 15) is 4.79 Å². The fourth-order valence-corrected chi connectivity index (χ4v) is 2.16. The van der Waals surface area contributed by atoms with Crippen LogP contribution in [0.1, 0.15) is 27.5 Å². The summed E-state index contributed by atoms with van der Waals surface area (Å²) in [5.41, 5.74) is 1.39. The Morgan fingerprint density at radius 1 is 1.50 bits per heavy atom. The van der Waals surface area contributed by atoms with Crippen LogP contribution in [0.4, 0.5) is 0 Å². The predicted molar refractivity (Wildman–Crippen MR) is 64.5 cm³/mol. The van der Waals surface area contributed by atoms with E-state index in [0.717, 1.165) is 11.5 Å². The molecule has 0 aliphatic rings. The zero-order chi connectivity index (χ0) is 13.1. The van der Waals surface area contributed by atoms with Gasteiger partial charge in [0.2, 0.25) is 0 Å². The normalized spacial score (nSPS) is 10.6. The third-order valence-electron chi connectivity index (χ3n) is 2.37. The highest BCUT2D eigenvalue weighted by Gasteiger charge is 2.13. The molecule has 0 aliphatic carbocycles. The lowest BCUT2D eigenvalue weighted by Gasteiger charge is -2.01. The Balaban J connectivity index is 2.13. The van der Waals surface area contributed by atoms with Gasteiger partial charge in [0.05, 0.1) is 11.4 Å². The Bertz CT molecular complexity index is 563. The number of thioether (sulfide) groups is 1. The highest BCUT2D eigenvalue weighted by Crippen LogP contribution is 2.24. The number of hydrogen-bond acceptors (Lipinski definition) is 6. The second-order valence-electron chi connectivity index (χ2n) is 3.60. The van der Waals surface area contributed by atoms with Crippen molar-refractivity contribution in [2.75, 3.05) is 0 Å². The summed E-state index contributed by atoms with van der Waals surface area (Å²) in [5, 5.41) is 9.50. The molecular formula is C11H11N3O3S. The van der Waals surface area contributed by atoms with Crippen molar-refractivity contribution in [1.29, 1.82) is 0 Å². The van der Waals surface area contributed by atoms with Crippen molar-refractivity contribution in [3.05, 3.63) is 35.2 Å². The second-order valence-corrected chi connectivity index (χ2v) is 4.52. The van der Waals surface area contributed by atoms with Gasteiger partial charge in [0.1, 0.15) is 17.7 Å². The average Bonchev–Trinajstić information content (AvgIpc) is 2.66. The number of aromatic carboxylic acids is 1. The standard InChI is InChI=1S/C11H11N3O3S/c1-6-7(2)17-11(14-6)18-4-9-8(10(15)16)3-12-5-13-9/h3,5H,4H2,1-2H3,(H,15,16). The Kier molecular flexibility index (Phi) is 3.61. The van der Waals surface area contributed by atoms with Gasteiger partial charge < -0.3 is 9.52 Å². The molecule has 2 rings (SSSR count). The Labute approximate surface area is 107 Å². The molecule has 7 heteroatoms. The monoisotopic (exact) mass is 265 g/mol. The van der Waals surface area contributed by atoms with Crippen molar-refractivity contribution in [3.63, 3.8) is 0 Å². The number of carboxylic acid groups (broad SMARTS) is 1. The molecule has 0 unspecified atom stereocenters. The van der Waals surface area contributed by atoms with E-state index >= 15 is 0 Å². The highest BCUT2D eigenvalue weighted by atomic mass is 32.2. The number of hydrogen-bond donors (Lipinski definition) is 1. The van der Waals surface area contributed by atoms with Crippen molar-refractivity contribution < 1.29 is 14.3 Å². The van der Waals surface area contributed by atoms with Crippen molar-refractivity contribution in [2.45, 2.75) is 24.8 Å². The van der Waals surface area contributed by atoms with E-state index in [1.165, 1.54) is 24.3 Å². The minimum atomic E-state index is -1.04. The number of carboxylic acids is 1. The van der Waals surface area contributed by atoms with Gasteiger partial charge in [-0.05, 0) is 13.8 Å². The third-order valence-corrected chi connectivity index (χ3v) is 3.21. The maximum absolute atomic E-state index is 11.0. The summed E-state index contributed by atoms with van der Waals surface area (Å²) >= 11 is 1.31. The molecule has 0 aliphatic heterocycles. The molecule has 0 saturated heterocycles. The number of aryl methyl sites for hydroxylation is 2. The maximum atomic E-state index is 11.0. The number of nitrogens with zero attached hydrogens (tertiary/aromatic N) is 3. The van der Waals surface area contributed by atoms with Gasteiger partial charge in [-0.3, -0.25) is 0 Å². The summed E-state index contributed by atoms with van der Waals surface area (Å²) in [5.74, 6) is 0.105. The average molecular weight is 265 g/mol. The van der Waals surface area contributed by atoms with Gasteiger partial charge in [0.25, 0.3) is 5.22 Å². The van der Waals surface area contributed by atoms with Gasteiger partial charge in [-0.2, -0.15) is 0 Å². The first-order chi connectivity index (χ1) is 8.58. The second kappa shape index (κ2) is 5.18. The molecule has 18 heavy (non-hydrogen) atoms. The molecule has 0 spiro atoms. The molecule has 0 radical (unpaired) electrons. The van der Waals surface area contributed by atoms with Crippen LogP contribution in [0.15, 0.2) is 22.2 Å². The molecule has 0 atom stereocenters. The quantitative estimate of drug-likeness (QED) is 0.846. The van der Waals surface area contributed by atoms with Gasteiger partial charge in [-0.1, -0.05) is 11.8 Å². The fourth-order valence-electron chi connectivity index (χ4n) is 1.28. The number of carbonyl (C=O) groups is 1. The van der Waals surface area contributed by atoms with Crippen LogP contribution in [0, 0.1) is 13.8 Å². The van der Waals surface area contributed by atoms with Crippen LogP contribution >= 0.6 is 11.8 Å². The number of oxazole rings is 1. The lowest BCUT2D eigenvalue weighted by molar-refractivity contribution is 0.0695. The minimum absolute atomic E-state index is 0.102. The largest absolute Gasteiger partial charge is 0.478 e. The van der Waals surface area contributed by atoms with Gasteiger partial charge >= 0.3 is 5.97 Å². The van der Waals surface area contributed by atoms with E-state index in [1.807, 2.05) is 13.8 Å². The zero-order valence-electron chi connectivity index (χ0n) is 9.88. The van der Waals surface area contributed by atoms with Crippen LogP contribution in [0.3, 0.4) is 0 Å². The maximum Gasteiger partial charge on any atom is 0.339 e. The Hall–Kier alpha value is -1.89. The van der Waals surface area contributed by atoms with E-state index < -0.39 is 5.97 Å². The molecule has 6 nitrogen and oxygen atoms in total. The van der Waals surface area contributed by atoms with Crippen molar-refractivity contribution in [1.82, 2.24) is 15.0 Å². The molecule has 2 heterocycles. The summed E-state index contributed by atoms with van der Waals surface area (Å²) < 4.78 is 5.40. The topological polar surface area (TPSA) is 89.1 Å². The SMILES string of the molecule is Cc1nc(SCc2ncncc2C(=O)O)oc1C. The summed E-state index contributed by atoms with van der Waals surface area (Å²) in [7, 11) is 0. The summed E-state index contributed by atoms with van der Waals surface area (Å²) in [4.78, 5) is 22.8. The summed E-state index contributed by atoms with van der Waals surface area (Å²) in [6, 6.07) is 0. The molecule has 0 aromatic carbocycles. The van der Waals surface area contributed by atoms with Crippen LogP contribution in [-0.4, -0.2) is 26.0 Å². The number of rotatable bonds is 4. The highest BCUT2D eigenvalue weighted by molar-refractivity contribution is 7.98. The first kappa shape index (κ1) is 12.6. The molecule has 2 aromatic heterocycles. The van der Waals surface area contributed by atoms with E-state index in [4.69, 9.17) is 9.52 Å². The van der Waals surface area contributed by atoms with Gasteiger partial charge in [0.15, 0.2) is 0 Å². The molecule has 0 fully saturated rings. The smallest absolute Gasteiger partial charge is 0.339 e. The Morgan fingerprint density at radius 3 is 2.89 bits per heavy atom. The van der Waals surface area contributed by atoms with Crippen molar-refractivity contribution in [2.24, 2.45) is 0 Å². The van der Waals surface area contributed by atoms with E-state index in [1.54, 1.807) is 0 Å². The molecule has 0 amide bonds. The lowest BCUT2D eigenvalue weighted by atomic mass is 10.2. The Morgan fingerprint density at radius 2 is 2.28 bits per heavy atom. The minimum Gasteiger partial charge on any atom is -0.478 e. The van der Waals surface area contributed by atoms with E-state index in [2.05, 4.69) is 15.0 Å². The molecule has 0 bridgehead atoms. The van der Waals surface area contributed by atoms with Gasteiger partial charge in [-0.25, -0.2) is 19.7 Å². The van der Waals surface area contributed by atoms with Crippen LogP contribution in [-0.2, 0) is 5.75 Å². The molecule has 1 N–H and O–H groups in total. The zero-order valence-corrected chi connectivity index (χ0v) is 10.7. The predicted octanol–water partition coefficient (Wildman–Crippen LogP) is 2.07. The first-order valence-electron chi connectivity index (χ1n) is 5.17. The molecular weight excluding hydrogens is 254 g/mol. The van der Waals surface area contributed by atoms with Crippen LogP contribution in [0.5, 0.6) is 0 Å². The molecule has 94 valence electrons. The third kappa shape index (κ3) is 2.67. The van der Waals surface area contributed by atoms with Crippen molar-refractivity contribution in [3.8, 4) is 0 Å². The van der Waals surface area contributed by atoms with Gasteiger partial charge in [0, 0.05) is 11.9 Å². The van der Waals surface area contributed by atoms with Crippen LogP contribution < -0.4 is 0 Å². The van der Waals surface area contributed by atoms with E-state index in [0.29, 0.717) is 16.7 Å². The van der Waals surface area contributed by atoms with Crippen molar-refractivity contribution >= 4 is 17.7 Å². The fraction of sp³-hybridized carbons (Fsp3) is 0.273. The van der Waals surface area contributed by atoms with Gasteiger partial charge in [-0.15, -0.1) is 0 Å². The number of aromatic nitrogens is 3.